The Morgan fingerprint density at radius 1 is 1.36 bits per heavy atom. The van der Waals surface area contributed by atoms with Gasteiger partial charge in [-0.15, -0.1) is 0 Å². The number of anilines is 1. The first-order valence-electron chi connectivity index (χ1n) is 4.39. The smallest absolute Gasteiger partial charge is 0.146 e. The fourth-order valence-corrected chi connectivity index (χ4v) is 1.16. The second-order valence-electron chi connectivity index (χ2n) is 2.95. The van der Waals surface area contributed by atoms with Crippen LogP contribution in [0.1, 0.15) is 18.8 Å². The molecule has 0 bridgehead atoms. The minimum Gasteiger partial charge on any atom is -0.360 e. The van der Waals surface area contributed by atoms with E-state index in [1.165, 1.54) is 6.33 Å². The normalized spacial score (nSPS) is 12.4. The molecule has 0 fully saturated rings. The minimum absolute atomic E-state index is 0.0763. The fraction of sp³-hybridized carbons (Fsp3) is 0.222. The number of aromatic amines is 1. The van der Waals surface area contributed by atoms with E-state index < -0.39 is 0 Å². The molecule has 0 spiro atoms. The number of nitrogens with zero attached hydrogens (tertiary/aromatic N) is 3. The summed E-state index contributed by atoms with van der Waals surface area (Å²) in [6, 6.07) is 5.80. The van der Waals surface area contributed by atoms with Gasteiger partial charge in [0.05, 0.1) is 6.04 Å². The molecule has 0 radical (unpaired) electrons. The lowest BCUT2D eigenvalue weighted by Crippen LogP contribution is -2.09. The number of aromatic nitrogens is 4. The van der Waals surface area contributed by atoms with Gasteiger partial charge in [-0.05, 0) is 19.1 Å². The van der Waals surface area contributed by atoms with Crippen LogP contribution in [0.15, 0.2) is 30.7 Å². The average molecular weight is 189 g/mol. The van der Waals surface area contributed by atoms with Crippen LogP contribution in [0.3, 0.4) is 0 Å². The molecule has 2 N–H and O–H groups in total. The maximum absolute atomic E-state index is 4.16. The second kappa shape index (κ2) is 3.87. The van der Waals surface area contributed by atoms with Crippen LogP contribution in [0.4, 0.5) is 5.82 Å². The zero-order valence-electron chi connectivity index (χ0n) is 7.81. The number of rotatable bonds is 3. The third kappa shape index (κ3) is 1.87. The Labute approximate surface area is 81.6 Å². The molecule has 0 aliphatic rings. The molecule has 0 amide bonds. The average Bonchev–Trinajstić information content (AvgIpc) is 2.72. The highest BCUT2D eigenvalue weighted by Gasteiger charge is 2.07. The van der Waals surface area contributed by atoms with Crippen LogP contribution < -0.4 is 5.32 Å². The quantitative estimate of drug-likeness (QED) is 0.765. The van der Waals surface area contributed by atoms with Gasteiger partial charge in [-0.1, -0.05) is 6.07 Å². The van der Waals surface area contributed by atoms with E-state index >= 15 is 0 Å². The van der Waals surface area contributed by atoms with Crippen molar-refractivity contribution in [2.24, 2.45) is 0 Å². The Bertz CT molecular complexity index is 369. The predicted octanol–water partition coefficient (Wildman–Crippen LogP) is 1.37. The van der Waals surface area contributed by atoms with Gasteiger partial charge in [0, 0.05) is 6.20 Å². The van der Waals surface area contributed by atoms with Gasteiger partial charge >= 0.3 is 0 Å². The van der Waals surface area contributed by atoms with Crippen molar-refractivity contribution in [1.82, 2.24) is 20.2 Å². The topological polar surface area (TPSA) is 66.5 Å². The molecular weight excluding hydrogens is 178 g/mol. The fourth-order valence-electron chi connectivity index (χ4n) is 1.16. The van der Waals surface area contributed by atoms with Crippen LogP contribution in [0.2, 0.25) is 0 Å². The summed E-state index contributed by atoms with van der Waals surface area (Å²) < 4.78 is 0. The Morgan fingerprint density at radius 2 is 2.29 bits per heavy atom. The van der Waals surface area contributed by atoms with E-state index in [9.17, 15) is 0 Å². The van der Waals surface area contributed by atoms with Gasteiger partial charge < -0.3 is 5.32 Å². The molecule has 5 heteroatoms. The Morgan fingerprint density at radius 3 is 2.93 bits per heavy atom. The van der Waals surface area contributed by atoms with E-state index in [-0.39, 0.29) is 6.04 Å². The van der Waals surface area contributed by atoms with Crippen LogP contribution in [-0.4, -0.2) is 20.2 Å². The molecule has 72 valence electrons. The molecule has 0 aromatic carbocycles. The summed E-state index contributed by atoms with van der Waals surface area (Å²) in [7, 11) is 0. The Kier molecular flexibility index (Phi) is 2.40. The van der Waals surface area contributed by atoms with Crippen molar-refractivity contribution >= 4 is 5.82 Å². The number of hydrogen-bond acceptors (Lipinski definition) is 4. The third-order valence-electron chi connectivity index (χ3n) is 1.87. The van der Waals surface area contributed by atoms with Gasteiger partial charge in [0.15, 0.2) is 0 Å². The SMILES string of the molecule is CC(Nc1ccccn1)c1ncn[nH]1. The largest absolute Gasteiger partial charge is 0.360 e. The van der Waals surface area contributed by atoms with Crippen LogP contribution in [0.25, 0.3) is 0 Å². The van der Waals surface area contributed by atoms with Gasteiger partial charge in [-0.2, -0.15) is 5.10 Å². The zero-order chi connectivity index (χ0) is 9.80. The summed E-state index contributed by atoms with van der Waals surface area (Å²) in [5.74, 6) is 1.63. The van der Waals surface area contributed by atoms with Crippen molar-refractivity contribution in [3.05, 3.63) is 36.5 Å². The van der Waals surface area contributed by atoms with Gasteiger partial charge in [0.1, 0.15) is 18.0 Å². The molecule has 2 heterocycles. The van der Waals surface area contributed by atoms with Crippen LogP contribution in [0.5, 0.6) is 0 Å². The maximum Gasteiger partial charge on any atom is 0.146 e. The van der Waals surface area contributed by atoms with E-state index in [0.29, 0.717) is 0 Å². The lowest BCUT2D eigenvalue weighted by molar-refractivity contribution is 0.790. The van der Waals surface area contributed by atoms with Gasteiger partial charge in [-0.25, -0.2) is 9.97 Å². The summed E-state index contributed by atoms with van der Waals surface area (Å²) in [6.45, 7) is 2.00. The number of nitrogens with one attached hydrogen (secondary N) is 2. The molecule has 0 aliphatic carbocycles. The van der Waals surface area contributed by atoms with Gasteiger partial charge in [0.2, 0.25) is 0 Å². The Hall–Kier alpha value is -1.91. The maximum atomic E-state index is 4.16. The minimum atomic E-state index is 0.0763. The second-order valence-corrected chi connectivity index (χ2v) is 2.95. The summed E-state index contributed by atoms with van der Waals surface area (Å²) in [5.41, 5.74) is 0. The van der Waals surface area contributed by atoms with Crippen molar-refractivity contribution < 1.29 is 0 Å². The molecule has 5 nitrogen and oxygen atoms in total. The highest BCUT2D eigenvalue weighted by atomic mass is 15.2. The van der Waals surface area contributed by atoms with Gasteiger partial charge in [-0.3, -0.25) is 5.10 Å². The Balaban J connectivity index is 2.06. The van der Waals surface area contributed by atoms with Crippen molar-refractivity contribution in [3.8, 4) is 0 Å². The summed E-state index contributed by atoms with van der Waals surface area (Å²) >= 11 is 0. The van der Waals surface area contributed by atoms with Crippen molar-refractivity contribution in [2.75, 3.05) is 5.32 Å². The highest BCUT2D eigenvalue weighted by molar-refractivity contribution is 5.35. The summed E-state index contributed by atoms with van der Waals surface area (Å²) in [4.78, 5) is 8.21. The molecule has 14 heavy (non-hydrogen) atoms. The summed E-state index contributed by atoms with van der Waals surface area (Å²) in [5, 5.41) is 9.79. The monoisotopic (exact) mass is 189 g/mol. The van der Waals surface area contributed by atoms with Crippen molar-refractivity contribution in [2.45, 2.75) is 13.0 Å². The van der Waals surface area contributed by atoms with Crippen LogP contribution >= 0.6 is 0 Å². The van der Waals surface area contributed by atoms with E-state index in [1.807, 2.05) is 25.1 Å². The van der Waals surface area contributed by atoms with Crippen LogP contribution in [-0.2, 0) is 0 Å². The number of pyridine rings is 1. The van der Waals surface area contributed by atoms with E-state index in [2.05, 4.69) is 25.5 Å². The molecule has 0 saturated carbocycles. The molecule has 0 aliphatic heterocycles. The standard InChI is InChI=1S/C9H11N5/c1-7(9-11-6-12-14-9)13-8-4-2-3-5-10-8/h2-7H,1H3,(H,10,13)(H,11,12,14). The molecule has 2 aromatic heterocycles. The molecule has 1 atom stereocenters. The molecule has 1 unspecified atom stereocenters. The first-order chi connectivity index (χ1) is 6.86. The zero-order valence-corrected chi connectivity index (χ0v) is 7.81. The van der Waals surface area contributed by atoms with E-state index in [4.69, 9.17) is 0 Å². The molecule has 2 rings (SSSR count). The van der Waals surface area contributed by atoms with E-state index in [1.54, 1.807) is 6.20 Å². The first-order valence-corrected chi connectivity index (χ1v) is 4.39. The number of H-pyrrole nitrogens is 1. The van der Waals surface area contributed by atoms with Crippen LogP contribution in [0, 0.1) is 0 Å². The predicted molar refractivity (Wildman–Crippen MR) is 52.7 cm³/mol. The molecule has 0 saturated heterocycles. The summed E-state index contributed by atoms with van der Waals surface area (Å²) in [6.07, 6.45) is 3.24. The van der Waals surface area contributed by atoms with Crippen molar-refractivity contribution in [1.29, 1.82) is 0 Å². The van der Waals surface area contributed by atoms with Crippen molar-refractivity contribution in [3.63, 3.8) is 0 Å². The lowest BCUT2D eigenvalue weighted by atomic mass is 10.3. The van der Waals surface area contributed by atoms with Gasteiger partial charge in [0.25, 0.3) is 0 Å². The third-order valence-corrected chi connectivity index (χ3v) is 1.87. The highest BCUT2D eigenvalue weighted by Crippen LogP contribution is 2.12. The molecular formula is C9H11N5. The number of hydrogen-bond donors (Lipinski definition) is 2. The first kappa shape index (κ1) is 8.68. The lowest BCUT2D eigenvalue weighted by Gasteiger charge is -2.10. The molecule has 2 aromatic rings. The van der Waals surface area contributed by atoms with E-state index in [0.717, 1.165) is 11.6 Å².